The SMILES string of the molecule is CCN(Cc1ccccc1N)c1ccncc1Br. The number of pyridine rings is 1. The van der Waals surface area contributed by atoms with Crippen LogP contribution in [0.2, 0.25) is 0 Å². The van der Waals surface area contributed by atoms with Gasteiger partial charge in [-0.3, -0.25) is 4.98 Å². The normalized spacial score (nSPS) is 10.3. The first-order valence-corrected chi connectivity index (χ1v) is 6.69. The summed E-state index contributed by atoms with van der Waals surface area (Å²) in [5.41, 5.74) is 9.10. The smallest absolute Gasteiger partial charge is 0.0592 e. The van der Waals surface area contributed by atoms with E-state index in [1.54, 1.807) is 6.20 Å². The molecule has 1 heterocycles. The van der Waals surface area contributed by atoms with Crippen LogP contribution in [0.15, 0.2) is 47.2 Å². The van der Waals surface area contributed by atoms with Crippen molar-refractivity contribution in [2.75, 3.05) is 17.2 Å². The highest BCUT2D eigenvalue weighted by molar-refractivity contribution is 9.10. The van der Waals surface area contributed by atoms with Crippen LogP contribution in [0.4, 0.5) is 11.4 Å². The highest BCUT2D eigenvalue weighted by Gasteiger charge is 2.10. The van der Waals surface area contributed by atoms with Gasteiger partial charge in [-0.2, -0.15) is 0 Å². The molecule has 0 spiro atoms. The summed E-state index contributed by atoms with van der Waals surface area (Å²) in [4.78, 5) is 6.35. The van der Waals surface area contributed by atoms with Crippen LogP contribution in [0.25, 0.3) is 0 Å². The summed E-state index contributed by atoms with van der Waals surface area (Å²) in [5, 5.41) is 0. The van der Waals surface area contributed by atoms with Crippen LogP contribution in [0.3, 0.4) is 0 Å². The molecule has 0 aliphatic rings. The summed E-state index contributed by atoms with van der Waals surface area (Å²) in [6.45, 7) is 3.84. The summed E-state index contributed by atoms with van der Waals surface area (Å²) in [5.74, 6) is 0. The number of para-hydroxylation sites is 1. The molecule has 94 valence electrons. The van der Waals surface area contributed by atoms with Crippen molar-refractivity contribution in [3.05, 3.63) is 52.8 Å². The van der Waals surface area contributed by atoms with E-state index in [0.717, 1.165) is 34.5 Å². The molecule has 0 saturated carbocycles. The molecule has 2 N–H and O–H groups in total. The molecular weight excluding hydrogens is 290 g/mol. The summed E-state index contributed by atoms with van der Waals surface area (Å²) < 4.78 is 1.00. The molecule has 0 amide bonds. The van der Waals surface area contributed by atoms with Crippen molar-refractivity contribution < 1.29 is 0 Å². The first kappa shape index (κ1) is 12.9. The topological polar surface area (TPSA) is 42.1 Å². The fraction of sp³-hybridized carbons (Fsp3) is 0.214. The van der Waals surface area contributed by atoms with Gasteiger partial charge in [0.1, 0.15) is 0 Å². The van der Waals surface area contributed by atoms with Crippen LogP contribution in [-0.2, 0) is 6.54 Å². The van der Waals surface area contributed by atoms with Crippen LogP contribution < -0.4 is 10.6 Å². The Kier molecular flexibility index (Phi) is 4.20. The summed E-state index contributed by atoms with van der Waals surface area (Å²) in [6.07, 6.45) is 3.61. The molecule has 0 unspecified atom stereocenters. The van der Waals surface area contributed by atoms with E-state index >= 15 is 0 Å². The van der Waals surface area contributed by atoms with Crippen molar-refractivity contribution in [1.29, 1.82) is 0 Å². The van der Waals surface area contributed by atoms with Gasteiger partial charge in [-0.25, -0.2) is 0 Å². The largest absolute Gasteiger partial charge is 0.398 e. The number of rotatable bonds is 4. The monoisotopic (exact) mass is 305 g/mol. The zero-order valence-electron chi connectivity index (χ0n) is 10.3. The van der Waals surface area contributed by atoms with Gasteiger partial charge in [0.15, 0.2) is 0 Å². The van der Waals surface area contributed by atoms with Gasteiger partial charge >= 0.3 is 0 Å². The van der Waals surface area contributed by atoms with Crippen molar-refractivity contribution in [1.82, 2.24) is 4.98 Å². The maximum absolute atomic E-state index is 5.99. The average molecular weight is 306 g/mol. The molecule has 0 bridgehead atoms. The van der Waals surface area contributed by atoms with E-state index in [0.29, 0.717) is 0 Å². The summed E-state index contributed by atoms with van der Waals surface area (Å²) in [7, 11) is 0. The lowest BCUT2D eigenvalue weighted by Gasteiger charge is -2.24. The van der Waals surface area contributed by atoms with Crippen LogP contribution in [0, 0.1) is 0 Å². The zero-order chi connectivity index (χ0) is 13.0. The molecule has 3 nitrogen and oxygen atoms in total. The quantitative estimate of drug-likeness (QED) is 0.880. The minimum atomic E-state index is 0.797. The molecule has 4 heteroatoms. The van der Waals surface area contributed by atoms with Crippen molar-refractivity contribution >= 4 is 27.3 Å². The first-order chi connectivity index (χ1) is 8.72. The van der Waals surface area contributed by atoms with Gasteiger partial charge in [0, 0.05) is 31.2 Å². The predicted octanol–water partition coefficient (Wildman–Crippen LogP) is 3.45. The number of hydrogen-bond donors (Lipinski definition) is 1. The maximum atomic E-state index is 5.99. The number of nitrogens with two attached hydrogens (primary N) is 1. The lowest BCUT2D eigenvalue weighted by molar-refractivity contribution is 0.829. The van der Waals surface area contributed by atoms with Crippen LogP contribution in [-0.4, -0.2) is 11.5 Å². The molecule has 0 saturated heterocycles. The second-order valence-electron chi connectivity index (χ2n) is 4.04. The maximum Gasteiger partial charge on any atom is 0.0592 e. The number of aromatic nitrogens is 1. The van der Waals surface area contributed by atoms with Crippen LogP contribution >= 0.6 is 15.9 Å². The molecule has 2 aromatic rings. The lowest BCUT2D eigenvalue weighted by Crippen LogP contribution is -2.23. The van der Waals surface area contributed by atoms with Gasteiger partial charge in [0.25, 0.3) is 0 Å². The van der Waals surface area contributed by atoms with E-state index in [1.165, 1.54) is 0 Å². The van der Waals surface area contributed by atoms with E-state index in [4.69, 9.17) is 5.73 Å². The fourth-order valence-electron chi connectivity index (χ4n) is 1.88. The zero-order valence-corrected chi connectivity index (χ0v) is 11.9. The number of nitrogens with zero attached hydrogens (tertiary/aromatic N) is 2. The van der Waals surface area contributed by atoms with Crippen molar-refractivity contribution in [3.8, 4) is 0 Å². The Labute approximate surface area is 116 Å². The Bertz CT molecular complexity index is 528. The molecule has 0 fully saturated rings. The van der Waals surface area contributed by atoms with E-state index in [-0.39, 0.29) is 0 Å². The molecule has 0 atom stereocenters. The van der Waals surface area contributed by atoms with Gasteiger partial charge in [-0.1, -0.05) is 18.2 Å². The van der Waals surface area contributed by atoms with Gasteiger partial charge in [0.2, 0.25) is 0 Å². The third-order valence-electron chi connectivity index (χ3n) is 2.89. The van der Waals surface area contributed by atoms with E-state index in [1.807, 2.05) is 30.5 Å². The van der Waals surface area contributed by atoms with E-state index in [2.05, 4.69) is 38.8 Å². The highest BCUT2D eigenvalue weighted by Crippen LogP contribution is 2.26. The third-order valence-corrected chi connectivity index (χ3v) is 3.50. The predicted molar refractivity (Wildman–Crippen MR) is 79.5 cm³/mol. The lowest BCUT2D eigenvalue weighted by atomic mass is 10.1. The van der Waals surface area contributed by atoms with Gasteiger partial charge in [-0.15, -0.1) is 0 Å². The Hall–Kier alpha value is -1.55. The molecule has 2 rings (SSSR count). The average Bonchev–Trinajstić information content (AvgIpc) is 2.39. The van der Waals surface area contributed by atoms with E-state index in [9.17, 15) is 0 Å². The Morgan fingerprint density at radius 3 is 2.72 bits per heavy atom. The Morgan fingerprint density at radius 2 is 2.06 bits per heavy atom. The number of hydrogen-bond acceptors (Lipinski definition) is 3. The van der Waals surface area contributed by atoms with Crippen LogP contribution in [0.1, 0.15) is 12.5 Å². The van der Waals surface area contributed by atoms with Crippen molar-refractivity contribution in [2.24, 2.45) is 0 Å². The molecule has 1 aromatic heterocycles. The first-order valence-electron chi connectivity index (χ1n) is 5.90. The number of benzene rings is 1. The summed E-state index contributed by atoms with van der Waals surface area (Å²) in [6, 6.07) is 9.98. The molecule has 0 aliphatic heterocycles. The molecule has 18 heavy (non-hydrogen) atoms. The number of anilines is 2. The Morgan fingerprint density at radius 1 is 1.28 bits per heavy atom. The van der Waals surface area contributed by atoms with Gasteiger partial charge < -0.3 is 10.6 Å². The van der Waals surface area contributed by atoms with Crippen LogP contribution in [0.5, 0.6) is 0 Å². The van der Waals surface area contributed by atoms with Gasteiger partial charge in [-0.05, 0) is 40.5 Å². The minimum absolute atomic E-state index is 0.797. The second kappa shape index (κ2) is 5.87. The highest BCUT2D eigenvalue weighted by atomic mass is 79.9. The molecular formula is C14H16BrN3. The van der Waals surface area contributed by atoms with Crippen molar-refractivity contribution in [2.45, 2.75) is 13.5 Å². The van der Waals surface area contributed by atoms with Crippen molar-refractivity contribution in [3.63, 3.8) is 0 Å². The fourth-order valence-corrected chi connectivity index (χ4v) is 2.38. The molecule has 0 radical (unpaired) electrons. The third kappa shape index (κ3) is 2.82. The minimum Gasteiger partial charge on any atom is -0.398 e. The van der Waals surface area contributed by atoms with Gasteiger partial charge in [0.05, 0.1) is 10.2 Å². The molecule has 1 aromatic carbocycles. The molecule has 0 aliphatic carbocycles. The second-order valence-corrected chi connectivity index (χ2v) is 4.89. The van der Waals surface area contributed by atoms with E-state index < -0.39 is 0 Å². The summed E-state index contributed by atoms with van der Waals surface area (Å²) >= 11 is 3.53. The standard InChI is InChI=1S/C14H16BrN3/c1-2-18(14-7-8-17-9-12(14)15)10-11-5-3-4-6-13(11)16/h3-9H,2,10,16H2,1H3. The number of nitrogen functional groups attached to an aromatic ring is 1. The Balaban J connectivity index is 2.26. The number of halogens is 1.